The molecule has 1 amide bonds. The Kier molecular flexibility index (Phi) is 9.78. The van der Waals surface area contributed by atoms with Crippen molar-refractivity contribution in [2.75, 3.05) is 26.2 Å². The van der Waals surface area contributed by atoms with Crippen molar-refractivity contribution < 1.29 is 9.18 Å². The Labute approximate surface area is 234 Å². The van der Waals surface area contributed by atoms with Crippen molar-refractivity contribution in [3.8, 4) is 0 Å². The number of hydrogen-bond donors (Lipinski definition) is 4. The van der Waals surface area contributed by atoms with Gasteiger partial charge >= 0.3 is 0 Å². The monoisotopic (exact) mass is 552 g/mol. The molecular formula is C30H38ClFN6O. The lowest BCUT2D eigenvalue weighted by atomic mass is 9.98. The molecule has 1 aliphatic heterocycles. The summed E-state index contributed by atoms with van der Waals surface area (Å²) in [5.74, 6) is -0.691. The zero-order chi connectivity index (χ0) is 27.9. The van der Waals surface area contributed by atoms with Crippen LogP contribution in [0.15, 0.2) is 60.7 Å². The molecule has 208 valence electrons. The van der Waals surface area contributed by atoms with E-state index in [2.05, 4.69) is 53.5 Å². The number of carbonyl (C=O) groups excluding carboxylic acids is 1. The predicted molar refractivity (Wildman–Crippen MR) is 156 cm³/mol. The summed E-state index contributed by atoms with van der Waals surface area (Å²) < 4.78 is 14.4. The summed E-state index contributed by atoms with van der Waals surface area (Å²) in [4.78, 5) is 17.9. The molecule has 0 saturated carbocycles. The normalized spacial score (nSPS) is 18.7. The first-order chi connectivity index (χ1) is 18.7. The van der Waals surface area contributed by atoms with Gasteiger partial charge < -0.3 is 21.7 Å². The second-order valence-corrected chi connectivity index (χ2v) is 10.9. The van der Waals surface area contributed by atoms with E-state index in [0.717, 1.165) is 32.4 Å². The Bertz CT molecular complexity index is 1300. The van der Waals surface area contributed by atoms with E-state index < -0.39 is 11.9 Å². The average molecular weight is 553 g/mol. The molecule has 4 rings (SSSR count). The third-order valence-electron chi connectivity index (χ3n) is 7.56. The first-order valence-electron chi connectivity index (χ1n) is 13.5. The highest BCUT2D eigenvalue weighted by Crippen LogP contribution is 2.23. The number of benzene rings is 3. The third-order valence-corrected chi connectivity index (χ3v) is 7.79. The second kappa shape index (κ2) is 13.2. The molecule has 9 heteroatoms. The molecule has 1 fully saturated rings. The molecule has 0 spiro atoms. The maximum absolute atomic E-state index is 14.4. The van der Waals surface area contributed by atoms with Crippen molar-refractivity contribution in [3.63, 3.8) is 0 Å². The molecule has 3 aromatic rings. The van der Waals surface area contributed by atoms with Crippen LogP contribution in [-0.2, 0) is 17.6 Å². The number of nitrogens with one attached hydrogen (secondary N) is 2. The Morgan fingerprint density at radius 1 is 1.15 bits per heavy atom. The minimum atomic E-state index is -0.852. The fourth-order valence-electron chi connectivity index (χ4n) is 5.38. The number of hydrogen-bond acceptors (Lipinski definition) is 4. The van der Waals surface area contributed by atoms with Gasteiger partial charge in [0.1, 0.15) is 5.82 Å². The Morgan fingerprint density at radius 2 is 1.92 bits per heavy atom. The van der Waals surface area contributed by atoms with E-state index >= 15 is 0 Å². The molecule has 6 N–H and O–H groups in total. The molecule has 0 radical (unpaired) electrons. The van der Waals surface area contributed by atoms with Crippen molar-refractivity contribution in [3.05, 3.63) is 82.6 Å². The molecule has 39 heavy (non-hydrogen) atoms. The zero-order valence-electron chi connectivity index (χ0n) is 22.4. The Balaban J connectivity index is 1.43. The van der Waals surface area contributed by atoms with Gasteiger partial charge in [0.05, 0.1) is 6.04 Å². The topological polar surface area (TPSA) is 111 Å². The fourth-order valence-corrected chi connectivity index (χ4v) is 5.54. The van der Waals surface area contributed by atoms with Gasteiger partial charge in [0.15, 0.2) is 5.96 Å². The van der Waals surface area contributed by atoms with Crippen LogP contribution < -0.4 is 16.8 Å². The molecule has 3 aromatic carbocycles. The van der Waals surface area contributed by atoms with Crippen LogP contribution in [0.3, 0.4) is 0 Å². The highest BCUT2D eigenvalue weighted by Gasteiger charge is 2.36. The number of carbonyl (C=O) groups is 1. The van der Waals surface area contributed by atoms with Gasteiger partial charge in [-0.15, -0.1) is 0 Å². The van der Waals surface area contributed by atoms with Crippen LogP contribution in [0.5, 0.6) is 0 Å². The summed E-state index contributed by atoms with van der Waals surface area (Å²) in [5.41, 5.74) is 13.4. The number of amides is 1. The Hall–Kier alpha value is -3.20. The molecule has 1 heterocycles. The van der Waals surface area contributed by atoms with E-state index in [1.54, 1.807) is 12.1 Å². The third kappa shape index (κ3) is 7.68. The van der Waals surface area contributed by atoms with Gasteiger partial charge in [-0.05, 0) is 66.6 Å². The Morgan fingerprint density at radius 3 is 2.67 bits per heavy atom. The highest BCUT2D eigenvalue weighted by atomic mass is 35.5. The van der Waals surface area contributed by atoms with E-state index in [4.69, 9.17) is 28.5 Å². The summed E-state index contributed by atoms with van der Waals surface area (Å²) in [7, 11) is 0. The number of rotatable bonds is 10. The van der Waals surface area contributed by atoms with Gasteiger partial charge in [0, 0.05) is 43.3 Å². The van der Waals surface area contributed by atoms with Gasteiger partial charge in [-0.2, -0.15) is 0 Å². The quantitative estimate of drug-likeness (QED) is 0.173. The molecule has 3 atom stereocenters. The van der Waals surface area contributed by atoms with Crippen molar-refractivity contribution >= 4 is 34.2 Å². The first-order valence-corrected chi connectivity index (χ1v) is 13.9. The van der Waals surface area contributed by atoms with Gasteiger partial charge in [-0.1, -0.05) is 60.1 Å². The smallest absolute Gasteiger partial charge is 0.240 e. The summed E-state index contributed by atoms with van der Waals surface area (Å²) in [5, 5.41) is 13.0. The minimum absolute atomic E-state index is 0.0415. The van der Waals surface area contributed by atoms with Crippen LogP contribution in [0.1, 0.15) is 30.9 Å². The summed E-state index contributed by atoms with van der Waals surface area (Å²) >= 11 is 5.88. The zero-order valence-corrected chi connectivity index (χ0v) is 23.1. The van der Waals surface area contributed by atoms with Crippen molar-refractivity contribution in [1.82, 2.24) is 15.1 Å². The summed E-state index contributed by atoms with van der Waals surface area (Å²) in [6, 6.07) is 18.7. The number of piperazine rings is 1. The van der Waals surface area contributed by atoms with E-state index in [0.29, 0.717) is 23.7 Å². The molecule has 7 nitrogen and oxygen atoms in total. The molecule has 0 aliphatic carbocycles. The molecule has 1 aliphatic rings. The number of nitrogens with zero attached hydrogens (tertiary/aromatic N) is 2. The SMILES string of the molecule is C[C@@H]1CN(C(=O)[C@H](N)Cc2ccc(Cl)cc2F)[C@@H](CCCNC(=N)N)CN1CCc1ccc2ccccc2c1. The molecule has 0 bridgehead atoms. The van der Waals surface area contributed by atoms with Gasteiger partial charge in [-0.3, -0.25) is 15.1 Å². The number of nitrogens with two attached hydrogens (primary N) is 2. The molecule has 1 saturated heterocycles. The number of fused-ring (bicyclic) bond motifs is 1. The fraction of sp³-hybridized carbons (Fsp3) is 0.400. The average Bonchev–Trinajstić information content (AvgIpc) is 2.91. The van der Waals surface area contributed by atoms with E-state index in [9.17, 15) is 9.18 Å². The van der Waals surface area contributed by atoms with Crippen LogP contribution in [-0.4, -0.2) is 66.0 Å². The standard InChI is InChI=1S/C30H38ClFN6O/c1-20-18-38(29(39)28(33)16-24-10-11-25(31)17-27(24)32)26(7-4-13-36-30(34)35)19-37(20)14-12-21-8-9-22-5-2-3-6-23(22)15-21/h2-3,5-6,8-11,15,17,20,26,28H,4,7,12-14,16,18-19,33H2,1H3,(H4,34,35,36)/t20-,26+,28-/m1/s1. The number of halogens is 2. The highest BCUT2D eigenvalue weighted by molar-refractivity contribution is 6.30. The summed E-state index contributed by atoms with van der Waals surface area (Å²) in [6.45, 7) is 4.85. The molecular weight excluding hydrogens is 515 g/mol. The van der Waals surface area contributed by atoms with Crippen LogP contribution in [0.25, 0.3) is 10.8 Å². The maximum atomic E-state index is 14.4. The van der Waals surface area contributed by atoms with Crippen LogP contribution in [0, 0.1) is 11.2 Å². The first kappa shape index (κ1) is 28.8. The number of guanidine groups is 1. The van der Waals surface area contributed by atoms with Crippen molar-refractivity contribution in [1.29, 1.82) is 5.41 Å². The van der Waals surface area contributed by atoms with Crippen molar-refractivity contribution in [2.24, 2.45) is 11.5 Å². The lowest BCUT2D eigenvalue weighted by Gasteiger charge is -2.46. The predicted octanol–water partition coefficient (Wildman–Crippen LogP) is 3.91. The van der Waals surface area contributed by atoms with Crippen LogP contribution in [0.2, 0.25) is 5.02 Å². The maximum Gasteiger partial charge on any atom is 0.240 e. The minimum Gasteiger partial charge on any atom is -0.370 e. The van der Waals surface area contributed by atoms with E-state index in [1.165, 1.54) is 22.4 Å². The van der Waals surface area contributed by atoms with Crippen molar-refractivity contribution in [2.45, 2.75) is 50.7 Å². The lowest BCUT2D eigenvalue weighted by molar-refractivity contribution is -0.139. The van der Waals surface area contributed by atoms with Crippen LogP contribution >= 0.6 is 11.6 Å². The molecule has 0 aromatic heterocycles. The summed E-state index contributed by atoms with van der Waals surface area (Å²) in [6.07, 6.45) is 2.52. The van der Waals surface area contributed by atoms with Gasteiger partial charge in [0.2, 0.25) is 5.91 Å². The van der Waals surface area contributed by atoms with Crippen LogP contribution in [0.4, 0.5) is 4.39 Å². The largest absolute Gasteiger partial charge is 0.370 e. The lowest BCUT2D eigenvalue weighted by Crippen LogP contribution is -2.62. The molecule has 0 unspecified atom stereocenters. The van der Waals surface area contributed by atoms with E-state index in [-0.39, 0.29) is 30.4 Å². The van der Waals surface area contributed by atoms with Gasteiger partial charge in [-0.25, -0.2) is 4.39 Å². The second-order valence-electron chi connectivity index (χ2n) is 10.4. The van der Waals surface area contributed by atoms with E-state index in [1.807, 2.05) is 11.0 Å². The van der Waals surface area contributed by atoms with Gasteiger partial charge in [0.25, 0.3) is 0 Å².